The minimum atomic E-state index is -0.591. The predicted octanol–water partition coefficient (Wildman–Crippen LogP) is 2.66. The van der Waals surface area contributed by atoms with E-state index in [0.717, 1.165) is 12.8 Å². The minimum absolute atomic E-state index is 0.0260. The van der Waals surface area contributed by atoms with Gasteiger partial charge in [-0.2, -0.15) is 12.6 Å². The topological polar surface area (TPSA) is 111 Å². The van der Waals surface area contributed by atoms with Gasteiger partial charge in [-0.05, 0) is 37.0 Å². The molecule has 0 bridgehead atoms. The fourth-order valence-electron chi connectivity index (χ4n) is 4.27. The van der Waals surface area contributed by atoms with Crippen LogP contribution in [0.3, 0.4) is 0 Å². The van der Waals surface area contributed by atoms with Crippen molar-refractivity contribution >= 4 is 30.3 Å². The number of nitro benzene ring substituents is 1. The summed E-state index contributed by atoms with van der Waals surface area (Å²) >= 11 is 4.49. The highest BCUT2D eigenvalue weighted by Crippen LogP contribution is 2.28. The van der Waals surface area contributed by atoms with Crippen LogP contribution in [0.15, 0.2) is 43.0 Å². The molecule has 0 aliphatic carbocycles. The third-order valence-electron chi connectivity index (χ3n) is 6.03. The maximum absolute atomic E-state index is 13.2. The van der Waals surface area contributed by atoms with E-state index in [4.69, 9.17) is 4.74 Å². The summed E-state index contributed by atoms with van der Waals surface area (Å²) in [5.74, 6) is -0.0714. The van der Waals surface area contributed by atoms with Crippen LogP contribution in [-0.2, 0) is 16.1 Å². The second-order valence-corrected chi connectivity index (χ2v) is 8.83. The third-order valence-corrected chi connectivity index (χ3v) is 6.40. The van der Waals surface area contributed by atoms with Crippen LogP contribution in [0.5, 0.6) is 0 Å². The van der Waals surface area contributed by atoms with Crippen molar-refractivity contribution in [2.24, 2.45) is 0 Å². The quantitative estimate of drug-likeness (QED) is 0.418. The van der Waals surface area contributed by atoms with E-state index in [1.165, 1.54) is 17.0 Å². The van der Waals surface area contributed by atoms with Crippen molar-refractivity contribution in [1.82, 2.24) is 19.4 Å². The minimum Gasteiger partial charge on any atom is -0.445 e. The smallest absolute Gasteiger partial charge is 0.410 e. The Balaban J connectivity index is 1.33. The highest BCUT2D eigenvalue weighted by molar-refractivity contribution is 7.81. The molecular weight excluding hydrogens is 434 g/mol. The monoisotopic (exact) mass is 459 g/mol. The second-order valence-electron chi connectivity index (χ2n) is 8.10. The Morgan fingerprint density at radius 3 is 2.56 bits per heavy atom. The zero-order valence-corrected chi connectivity index (χ0v) is 18.3. The highest BCUT2D eigenvalue weighted by atomic mass is 32.1. The van der Waals surface area contributed by atoms with E-state index in [9.17, 15) is 19.7 Å². The van der Waals surface area contributed by atoms with Crippen molar-refractivity contribution < 1.29 is 19.2 Å². The molecule has 2 aromatic rings. The lowest BCUT2D eigenvalue weighted by molar-refractivity contribution is -0.384. The first-order chi connectivity index (χ1) is 15.4. The van der Waals surface area contributed by atoms with Gasteiger partial charge in [0.1, 0.15) is 12.6 Å². The van der Waals surface area contributed by atoms with Crippen LogP contribution >= 0.6 is 12.6 Å². The summed E-state index contributed by atoms with van der Waals surface area (Å²) in [6.45, 7) is 1.56. The molecule has 10 nitrogen and oxygen atoms in total. The van der Waals surface area contributed by atoms with Gasteiger partial charge in [0.25, 0.3) is 5.69 Å². The van der Waals surface area contributed by atoms with Gasteiger partial charge in [0.05, 0.1) is 11.3 Å². The molecule has 170 valence electrons. The molecule has 2 aliphatic rings. The largest absolute Gasteiger partial charge is 0.445 e. The number of likely N-dealkylation sites (tertiary alicyclic amines) is 2. The first-order valence-electron chi connectivity index (χ1n) is 10.5. The van der Waals surface area contributed by atoms with Crippen LogP contribution in [0.1, 0.15) is 30.9 Å². The molecular formula is C21H25N5O5S. The van der Waals surface area contributed by atoms with Gasteiger partial charge in [0.15, 0.2) is 0 Å². The number of ether oxygens (including phenoxy) is 1. The Hall–Kier alpha value is -3.08. The molecule has 3 heterocycles. The van der Waals surface area contributed by atoms with Crippen LogP contribution in [0.25, 0.3) is 0 Å². The molecule has 0 radical (unpaired) electrons. The maximum Gasteiger partial charge on any atom is 0.410 e. The van der Waals surface area contributed by atoms with Gasteiger partial charge in [0.2, 0.25) is 5.91 Å². The standard InChI is InChI=1S/C21H25N5O5S/c27-20(23-8-5-16(6-9-23)24-10-7-22-14-24)19-11-18(32)12-25(19)21(28)31-13-15-1-3-17(4-2-15)26(29)30/h1-4,7,10,14,16,18-19,32H,5-6,8-9,11-13H2/t18-,19-/m0/s1. The summed E-state index contributed by atoms with van der Waals surface area (Å²) in [5.41, 5.74) is 0.607. The van der Waals surface area contributed by atoms with Gasteiger partial charge < -0.3 is 14.2 Å². The SMILES string of the molecule is O=C([C@@H]1C[C@H](S)CN1C(=O)OCc1ccc([N+](=O)[O-])cc1)N1CCC(n2ccnc2)CC1. The number of hydrogen-bond donors (Lipinski definition) is 1. The molecule has 2 fully saturated rings. The Morgan fingerprint density at radius 1 is 1.22 bits per heavy atom. The van der Waals surface area contributed by atoms with Crippen molar-refractivity contribution in [1.29, 1.82) is 0 Å². The van der Waals surface area contributed by atoms with Gasteiger partial charge in [-0.25, -0.2) is 9.78 Å². The lowest BCUT2D eigenvalue weighted by Gasteiger charge is -2.35. The van der Waals surface area contributed by atoms with Crippen molar-refractivity contribution in [2.45, 2.75) is 43.2 Å². The fourth-order valence-corrected chi connectivity index (χ4v) is 4.65. The predicted molar refractivity (Wildman–Crippen MR) is 118 cm³/mol. The number of aromatic nitrogens is 2. The summed E-state index contributed by atoms with van der Waals surface area (Å²) in [4.78, 5) is 43.5. The molecule has 2 atom stereocenters. The molecule has 1 aromatic carbocycles. The Morgan fingerprint density at radius 2 is 1.94 bits per heavy atom. The lowest BCUT2D eigenvalue weighted by Crippen LogP contribution is -2.50. The first kappa shape index (κ1) is 22.1. The number of amides is 2. The zero-order chi connectivity index (χ0) is 22.7. The molecule has 0 N–H and O–H groups in total. The number of piperidine rings is 1. The van der Waals surface area contributed by atoms with Crippen LogP contribution < -0.4 is 0 Å². The Labute approximate surface area is 190 Å². The van der Waals surface area contributed by atoms with E-state index in [2.05, 4.69) is 22.2 Å². The van der Waals surface area contributed by atoms with Gasteiger partial charge >= 0.3 is 6.09 Å². The summed E-state index contributed by atoms with van der Waals surface area (Å²) < 4.78 is 7.47. The zero-order valence-electron chi connectivity index (χ0n) is 17.4. The molecule has 2 saturated heterocycles. The number of rotatable bonds is 5. The van der Waals surface area contributed by atoms with Gasteiger partial charge in [-0.3, -0.25) is 19.8 Å². The molecule has 2 amide bonds. The number of imidazole rings is 1. The van der Waals surface area contributed by atoms with Crippen molar-refractivity contribution in [3.05, 3.63) is 58.7 Å². The third kappa shape index (κ3) is 4.87. The number of nitro groups is 1. The van der Waals surface area contributed by atoms with Crippen LogP contribution in [0.2, 0.25) is 0 Å². The summed E-state index contributed by atoms with van der Waals surface area (Å²) in [6, 6.07) is 5.55. The molecule has 11 heteroatoms. The van der Waals surface area contributed by atoms with Crippen molar-refractivity contribution in [3.8, 4) is 0 Å². The average Bonchev–Trinajstić information content (AvgIpc) is 3.47. The van der Waals surface area contributed by atoms with E-state index in [1.54, 1.807) is 24.7 Å². The second kappa shape index (κ2) is 9.60. The molecule has 0 saturated carbocycles. The van der Waals surface area contributed by atoms with E-state index < -0.39 is 17.1 Å². The number of nitrogens with zero attached hydrogens (tertiary/aromatic N) is 5. The van der Waals surface area contributed by atoms with E-state index in [0.29, 0.717) is 37.7 Å². The van der Waals surface area contributed by atoms with Crippen molar-refractivity contribution in [3.63, 3.8) is 0 Å². The summed E-state index contributed by atoms with van der Waals surface area (Å²) in [7, 11) is 0. The number of carbonyl (C=O) groups excluding carboxylic acids is 2. The number of hydrogen-bond acceptors (Lipinski definition) is 7. The molecule has 2 aliphatic heterocycles. The van der Waals surface area contributed by atoms with Crippen LogP contribution in [0, 0.1) is 10.1 Å². The normalized spacial score (nSPS) is 21.5. The summed E-state index contributed by atoms with van der Waals surface area (Å²) in [6.07, 6.45) is 7.07. The van der Waals surface area contributed by atoms with Gasteiger partial charge in [-0.1, -0.05) is 0 Å². The molecule has 32 heavy (non-hydrogen) atoms. The van der Waals surface area contributed by atoms with Crippen molar-refractivity contribution in [2.75, 3.05) is 19.6 Å². The Kier molecular flexibility index (Phi) is 6.63. The molecule has 1 aromatic heterocycles. The molecule has 0 unspecified atom stereocenters. The number of non-ortho nitro benzene ring substituents is 1. The van der Waals surface area contributed by atoms with Gasteiger partial charge in [-0.15, -0.1) is 0 Å². The lowest BCUT2D eigenvalue weighted by atomic mass is 10.0. The number of carbonyl (C=O) groups is 2. The van der Waals surface area contributed by atoms with E-state index in [1.807, 2.05) is 11.1 Å². The van der Waals surface area contributed by atoms with Crippen LogP contribution in [0.4, 0.5) is 10.5 Å². The van der Waals surface area contributed by atoms with Gasteiger partial charge in [0, 0.05) is 55.5 Å². The maximum atomic E-state index is 13.2. The average molecular weight is 460 g/mol. The van der Waals surface area contributed by atoms with Crippen LogP contribution in [-0.4, -0.2) is 67.2 Å². The Bertz CT molecular complexity index is 959. The first-order valence-corrected chi connectivity index (χ1v) is 11.0. The molecule has 0 spiro atoms. The number of thiol groups is 1. The molecule has 4 rings (SSSR count). The fraction of sp³-hybridized carbons (Fsp3) is 0.476. The highest BCUT2D eigenvalue weighted by Gasteiger charge is 2.41. The summed E-state index contributed by atoms with van der Waals surface area (Å²) in [5, 5.41) is 10.7. The van der Waals surface area contributed by atoms with E-state index in [-0.39, 0.29) is 23.5 Å². The number of benzene rings is 1. The van der Waals surface area contributed by atoms with E-state index >= 15 is 0 Å².